The lowest BCUT2D eigenvalue weighted by Crippen LogP contribution is -2.63. The molecular formula is C40H47N3O8. The van der Waals surface area contributed by atoms with Gasteiger partial charge in [0.2, 0.25) is 0 Å². The molecule has 0 fully saturated rings. The first-order valence-electron chi connectivity index (χ1n) is 16.7. The van der Waals surface area contributed by atoms with Crippen LogP contribution in [0.1, 0.15) is 63.8 Å². The number of aliphatic hydroxyl groups is 1. The third-order valence-corrected chi connectivity index (χ3v) is 7.54. The number of benzene rings is 4. The van der Waals surface area contributed by atoms with E-state index < -0.39 is 53.6 Å². The quantitative estimate of drug-likeness (QED) is 0.0883. The van der Waals surface area contributed by atoms with E-state index in [4.69, 9.17) is 14.2 Å². The SMILES string of the molecule is CC(C)(C)OC(=O)NN(C(=O)OC(C)(C)C)[C@H](C(=O)N(O)Cc1ccccc1)[C@@H](O)COC(c1ccccc1)(c1ccccc1)c1ccccc1. The summed E-state index contributed by atoms with van der Waals surface area (Å²) in [4.78, 5) is 41.1. The van der Waals surface area contributed by atoms with E-state index in [-0.39, 0.29) is 6.54 Å². The molecule has 0 aliphatic heterocycles. The highest BCUT2D eigenvalue weighted by atomic mass is 16.6. The molecule has 51 heavy (non-hydrogen) atoms. The van der Waals surface area contributed by atoms with Crippen molar-refractivity contribution < 1.29 is 38.9 Å². The number of nitrogens with zero attached hydrogens (tertiary/aromatic N) is 2. The molecule has 4 rings (SSSR count). The van der Waals surface area contributed by atoms with E-state index >= 15 is 0 Å². The average molecular weight is 698 g/mol. The number of hydrazine groups is 1. The highest BCUT2D eigenvalue weighted by Gasteiger charge is 2.45. The maximum atomic E-state index is 14.2. The lowest BCUT2D eigenvalue weighted by Gasteiger charge is -2.39. The largest absolute Gasteiger partial charge is 0.443 e. The summed E-state index contributed by atoms with van der Waals surface area (Å²) in [5, 5.41) is 24.1. The van der Waals surface area contributed by atoms with Gasteiger partial charge in [-0.3, -0.25) is 10.0 Å². The highest BCUT2D eigenvalue weighted by molar-refractivity contribution is 5.87. The van der Waals surface area contributed by atoms with Gasteiger partial charge in [-0.15, -0.1) is 0 Å². The lowest BCUT2D eigenvalue weighted by atomic mass is 9.80. The van der Waals surface area contributed by atoms with Crippen molar-refractivity contribution in [3.63, 3.8) is 0 Å². The smallest absolute Gasteiger partial charge is 0.430 e. The Kier molecular flexibility index (Phi) is 12.6. The van der Waals surface area contributed by atoms with Gasteiger partial charge >= 0.3 is 12.2 Å². The summed E-state index contributed by atoms with van der Waals surface area (Å²) < 4.78 is 17.7. The Balaban J connectivity index is 1.82. The van der Waals surface area contributed by atoms with Crippen molar-refractivity contribution in [3.05, 3.63) is 144 Å². The molecule has 4 aromatic rings. The third-order valence-electron chi connectivity index (χ3n) is 7.54. The molecule has 3 N–H and O–H groups in total. The maximum absolute atomic E-state index is 14.2. The van der Waals surface area contributed by atoms with Gasteiger partial charge in [-0.1, -0.05) is 121 Å². The van der Waals surface area contributed by atoms with Crippen LogP contribution in [0.3, 0.4) is 0 Å². The molecule has 2 atom stereocenters. The summed E-state index contributed by atoms with van der Waals surface area (Å²) in [5.74, 6) is -1.12. The molecule has 0 aliphatic rings. The van der Waals surface area contributed by atoms with Crippen molar-refractivity contribution in [3.8, 4) is 0 Å². The fourth-order valence-electron chi connectivity index (χ4n) is 5.44. The van der Waals surface area contributed by atoms with Gasteiger partial charge in [0.05, 0.1) is 13.2 Å². The molecule has 0 heterocycles. The van der Waals surface area contributed by atoms with Crippen LogP contribution in [-0.2, 0) is 31.2 Å². The van der Waals surface area contributed by atoms with Gasteiger partial charge in [0, 0.05) is 0 Å². The van der Waals surface area contributed by atoms with Crippen LogP contribution >= 0.6 is 0 Å². The fraction of sp³-hybridized carbons (Fsp3) is 0.325. The number of hydrogen-bond acceptors (Lipinski definition) is 8. The van der Waals surface area contributed by atoms with E-state index in [1.54, 1.807) is 71.9 Å². The van der Waals surface area contributed by atoms with Crippen LogP contribution in [0, 0.1) is 0 Å². The van der Waals surface area contributed by atoms with Gasteiger partial charge in [0.25, 0.3) is 5.91 Å². The number of nitrogens with one attached hydrogen (secondary N) is 1. The van der Waals surface area contributed by atoms with E-state index in [1.807, 2.05) is 91.0 Å². The predicted molar refractivity (Wildman–Crippen MR) is 191 cm³/mol. The number of hydrogen-bond donors (Lipinski definition) is 3. The van der Waals surface area contributed by atoms with Crippen molar-refractivity contribution in [1.29, 1.82) is 0 Å². The Morgan fingerprint density at radius 3 is 1.49 bits per heavy atom. The summed E-state index contributed by atoms with van der Waals surface area (Å²) in [5.41, 5.74) is 1.66. The van der Waals surface area contributed by atoms with Crippen molar-refractivity contribution >= 4 is 18.1 Å². The first-order valence-corrected chi connectivity index (χ1v) is 16.7. The normalized spacial score (nSPS) is 13.0. The number of carbonyl (C=O) groups is 3. The molecule has 4 aromatic carbocycles. The van der Waals surface area contributed by atoms with Crippen LogP contribution in [0.15, 0.2) is 121 Å². The number of rotatable bonds is 11. The number of hydroxylamine groups is 2. The standard InChI is InChI=1S/C40H47N3O8/c1-38(2,3)50-36(46)41-43(37(47)51-39(4,5)6)34(35(45)42(48)27-29-19-11-7-12-20-29)33(44)28-49-40(30-21-13-8-14-22-30,31-23-15-9-16-24-31)32-25-17-10-18-26-32/h7-26,33-34,44,48H,27-28H2,1-6H3,(H,41,46)/t33-,34-/m0/s1. The molecule has 0 spiro atoms. The molecule has 0 saturated carbocycles. The molecule has 0 aliphatic carbocycles. The van der Waals surface area contributed by atoms with E-state index in [1.165, 1.54) is 0 Å². The van der Waals surface area contributed by atoms with Gasteiger partial charge in [-0.25, -0.2) is 25.1 Å². The summed E-state index contributed by atoms with van der Waals surface area (Å²) in [6.45, 7) is 8.84. The van der Waals surface area contributed by atoms with Crippen LogP contribution < -0.4 is 5.43 Å². The highest BCUT2D eigenvalue weighted by Crippen LogP contribution is 2.40. The minimum absolute atomic E-state index is 0.291. The Morgan fingerprint density at radius 2 is 1.08 bits per heavy atom. The fourth-order valence-corrected chi connectivity index (χ4v) is 5.44. The number of amides is 3. The minimum atomic E-state index is -1.96. The first kappa shape index (κ1) is 38.6. The average Bonchev–Trinajstić information content (AvgIpc) is 3.08. The summed E-state index contributed by atoms with van der Waals surface area (Å²) >= 11 is 0. The Morgan fingerprint density at radius 1 is 0.667 bits per heavy atom. The van der Waals surface area contributed by atoms with Crippen molar-refractivity contribution in [2.45, 2.75) is 77.0 Å². The molecule has 11 heteroatoms. The molecule has 270 valence electrons. The van der Waals surface area contributed by atoms with E-state index in [9.17, 15) is 24.7 Å². The van der Waals surface area contributed by atoms with E-state index in [0.717, 1.165) is 16.7 Å². The third kappa shape index (κ3) is 10.4. The van der Waals surface area contributed by atoms with Crippen LogP contribution in [-0.4, -0.2) is 68.4 Å². The second-order valence-electron chi connectivity index (χ2n) is 13.9. The molecule has 0 radical (unpaired) electrons. The Bertz CT molecular complexity index is 1610. The molecule has 0 saturated heterocycles. The van der Waals surface area contributed by atoms with Gasteiger partial charge in [-0.2, -0.15) is 0 Å². The van der Waals surface area contributed by atoms with E-state index in [0.29, 0.717) is 15.6 Å². The van der Waals surface area contributed by atoms with Gasteiger partial charge in [-0.05, 0) is 63.8 Å². The summed E-state index contributed by atoms with van der Waals surface area (Å²) in [7, 11) is 0. The van der Waals surface area contributed by atoms with Crippen molar-refractivity contribution in [2.24, 2.45) is 0 Å². The Labute approximate surface area is 299 Å². The summed E-state index contributed by atoms with van der Waals surface area (Å²) in [6, 6.07) is 34.8. The minimum Gasteiger partial charge on any atom is -0.443 e. The van der Waals surface area contributed by atoms with Gasteiger partial charge < -0.3 is 19.3 Å². The van der Waals surface area contributed by atoms with Crippen LogP contribution in [0.25, 0.3) is 0 Å². The molecule has 11 nitrogen and oxygen atoms in total. The first-order chi connectivity index (χ1) is 24.1. The second kappa shape index (κ2) is 16.7. The second-order valence-corrected chi connectivity index (χ2v) is 13.9. The lowest BCUT2D eigenvalue weighted by molar-refractivity contribution is -0.181. The predicted octanol–water partition coefficient (Wildman–Crippen LogP) is 6.82. The zero-order chi connectivity index (χ0) is 37.2. The molecule has 0 unspecified atom stereocenters. The monoisotopic (exact) mass is 697 g/mol. The van der Waals surface area contributed by atoms with E-state index in [2.05, 4.69) is 5.43 Å². The summed E-state index contributed by atoms with van der Waals surface area (Å²) in [6.07, 6.45) is -4.13. The van der Waals surface area contributed by atoms with Gasteiger partial charge in [0.15, 0.2) is 6.04 Å². The van der Waals surface area contributed by atoms with Crippen LogP contribution in [0.4, 0.5) is 9.59 Å². The van der Waals surface area contributed by atoms with Crippen LogP contribution in [0.5, 0.6) is 0 Å². The molecule has 0 aromatic heterocycles. The Hall–Kier alpha value is -5.23. The number of carbonyl (C=O) groups excluding carboxylic acids is 3. The van der Waals surface area contributed by atoms with Crippen molar-refractivity contribution in [1.82, 2.24) is 15.5 Å². The molecule has 3 amide bonds. The topological polar surface area (TPSA) is 138 Å². The van der Waals surface area contributed by atoms with Crippen molar-refractivity contribution in [2.75, 3.05) is 6.61 Å². The number of ether oxygens (including phenoxy) is 3. The molecule has 0 bridgehead atoms. The zero-order valence-corrected chi connectivity index (χ0v) is 29.9. The number of aliphatic hydroxyl groups excluding tert-OH is 1. The van der Waals surface area contributed by atoms with Gasteiger partial charge in [0.1, 0.15) is 22.9 Å². The van der Waals surface area contributed by atoms with Crippen LogP contribution in [0.2, 0.25) is 0 Å². The maximum Gasteiger partial charge on any atom is 0.430 e. The zero-order valence-electron chi connectivity index (χ0n) is 29.9. The molecular weight excluding hydrogens is 650 g/mol.